The summed E-state index contributed by atoms with van der Waals surface area (Å²) in [6, 6.07) is 5.45. The van der Waals surface area contributed by atoms with Gasteiger partial charge in [-0.05, 0) is 19.1 Å². The van der Waals surface area contributed by atoms with Gasteiger partial charge in [-0.25, -0.2) is 4.98 Å². The van der Waals surface area contributed by atoms with Crippen molar-refractivity contribution in [3.63, 3.8) is 0 Å². The number of anilines is 1. The summed E-state index contributed by atoms with van der Waals surface area (Å²) in [7, 11) is 0. The molecule has 2 rings (SSSR count). The molecule has 0 saturated carbocycles. The molecule has 13 heavy (non-hydrogen) atoms. The Bertz CT molecular complexity index is 436. The van der Waals surface area contributed by atoms with E-state index >= 15 is 0 Å². The van der Waals surface area contributed by atoms with Gasteiger partial charge in [-0.3, -0.25) is 0 Å². The van der Waals surface area contributed by atoms with Gasteiger partial charge in [-0.15, -0.1) is 0 Å². The van der Waals surface area contributed by atoms with Crippen molar-refractivity contribution in [2.45, 2.75) is 11.8 Å². The first-order chi connectivity index (χ1) is 6.16. The molecule has 1 aromatic carbocycles. The van der Waals surface area contributed by atoms with Crippen molar-refractivity contribution in [2.24, 2.45) is 0 Å². The molecular weight excluding hydrogens is 232 g/mol. The number of nitrogen functional groups attached to an aromatic ring is 1. The second kappa shape index (κ2) is 3.03. The molecule has 0 amide bonds. The van der Waals surface area contributed by atoms with Gasteiger partial charge >= 0.3 is 0 Å². The molecule has 1 unspecified atom stereocenters. The second-order valence-corrected chi connectivity index (χ2v) is 4.27. The van der Waals surface area contributed by atoms with Gasteiger partial charge in [0.2, 0.25) is 5.89 Å². The molecule has 1 atom stereocenters. The molecule has 0 fully saturated rings. The summed E-state index contributed by atoms with van der Waals surface area (Å²) in [5.74, 6) is 0.681. The van der Waals surface area contributed by atoms with Gasteiger partial charge in [0.15, 0.2) is 5.58 Å². The molecule has 1 aromatic heterocycles. The van der Waals surface area contributed by atoms with Gasteiger partial charge in [0.1, 0.15) is 5.52 Å². The Labute approximate surface area is 84.1 Å². The van der Waals surface area contributed by atoms with Crippen molar-refractivity contribution < 1.29 is 4.42 Å². The lowest BCUT2D eigenvalue weighted by molar-refractivity contribution is 0.536. The predicted molar refractivity (Wildman–Crippen MR) is 55.8 cm³/mol. The molecule has 0 radical (unpaired) electrons. The Morgan fingerprint density at radius 3 is 3.00 bits per heavy atom. The summed E-state index contributed by atoms with van der Waals surface area (Å²) in [6.45, 7) is 1.97. The van der Waals surface area contributed by atoms with E-state index in [9.17, 15) is 0 Å². The monoisotopic (exact) mass is 240 g/mol. The molecule has 4 heteroatoms. The minimum Gasteiger partial charge on any atom is -0.439 e. The quantitative estimate of drug-likeness (QED) is 0.616. The van der Waals surface area contributed by atoms with E-state index in [0.717, 1.165) is 11.1 Å². The van der Waals surface area contributed by atoms with Crippen LogP contribution < -0.4 is 5.73 Å². The van der Waals surface area contributed by atoms with E-state index < -0.39 is 0 Å². The average Bonchev–Trinajstić information content (AvgIpc) is 2.46. The zero-order chi connectivity index (χ0) is 9.42. The van der Waals surface area contributed by atoms with Crippen LogP contribution in [0.2, 0.25) is 0 Å². The number of nitrogens with zero attached hydrogens (tertiary/aromatic N) is 1. The van der Waals surface area contributed by atoms with Gasteiger partial charge in [-0.1, -0.05) is 15.9 Å². The van der Waals surface area contributed by atoms with Gasteiger partial charge in [-0.2, -0.15) is 0 Å². The fourth-order valence-corrected chi connectivity index (χ4v) is 1.33. The summed E-state index contributed by atoms with van der Waals surface area (Å²) in [4.78, 5) is 4.41. The van der Waals surface area contributed by atoms with Crippen LogP contribution in [0, 0.1) is 0 Å². The Morgan fingerprint density at radius 1 is 1.54 bits per heavy atom. The smallest absolute Gasteiger partial charge is 0.208 e. The third kappa shape index (κ3) is 1.54. The Hall–Kier alpha value is -1.03. The number of halogens is 1. The molecule has 1 heterocycles. The van der Waals surface area contributed by atoms with E-state index in [2.05, 4.69) is 20.9 Å². The van der Waals surface area contributed by atoms with Crippen LogP contribution >= 0.6 is 15.9 Å². The predicted octanol–water partition coefficient (Wildman–Crippen LogP) is 2.87. The van der Waals surface area contributed by atoms with Crippen LogP contribution in [-0.4, -0.2) is 4.98 Å². The molecule has 3 nitrogen and oxygen atoms in total. The first-order valence-electron chi connectivity index (χ1n) is 3.97. The normalized spacial score (nSPS) is 13.4. The van der Waals surface area contributed by atoms with Crippen LogP contribution in [0.1, 0.15) is 17.6 Å². The Morgan fingerprint density at radius 2 is 2.31 bits per heavy atom. The zero-order valence-corrected chi connectivity index (χ0v) is 8.71. The highest BCUT2D eigenvalue weighted by molar-refractivity contribution is 9.09. The summed E-state index contributed by atoms with van der Waals surface area (Å²) in [5, 5.41) is 0. The van der Waals surface area contributed by atoms with Crippen molar-refractivity contribution >= 4 is 32.7 Å². The molecule has 0 spiro atoms. The number of nitrogens with two attached hydrogens (primary N) is 1. The maximum absolute atomic E-state index is 5.61. The summed E-state index contributed by atoms with van der Waals surface area (Å²) in [5.41, 5.74) is 7.88. The maximum Gasteiger partial charge on any atom is 0.208 e. The van der Waals surface area contributed by atoms with E-state index in [1.165, 1.54) is 0 Å². The van der Waals surface area contributed by atoms with Crippen molar-refractivity contribution in [3.8, 4) is 0 Å². The summed E-state index contributed by atoms with van der Waals surface area (Å²) >= 11 is 3.39. The zero-order valence-electron chi connectivity index (χ0n) is 7.12. The lowest BCUT2D eigenvalue weighted by atomic mass is 10.3. The number of hydrogen-bond acceptors (Lipinski definition) is 3. The number of alkyl halides is 1. The topological polar surface area (TPSA) is 52.0 Å². The van der Waals surface area contributed by atoms with Crippen LogP contribution in [-0.2, 0) is 0 Å². The first kappa shape index (κ1) is 8.56. The molecule has 0 aliphatic rings. The first-order valence-corrected chi connectivity index (χ1v) is 4.88. The standard InChI is InChI=1S/C9H9BrN2O/c1-5(10)9-12-7-3-2-6(11)4-8(7)13-9/h2-5H,11H2,1H3. The number of rotatable bonds is 1. The Balaban J connectivity index is 2.62. The van der Waals surface area contributed by atoms with E-state index in [0.29, 0.717) is 11.6 Å². The van der Waals surface area contributed by atoms with E-state index in [1.807, 2.05) is 19.1 Å². The van der Waals surface area contributed by atoms with Crippen molar-refractivity contribution in [2.75, 3.05) is 5.73 Å². The number of hydrogen-bond donors (Lipinski definition) is 1. The highest BCUT2D eigenvalue weighted by Gasteiger charge is 2.09. The molecule has 0 aliphatic heterocycles. The fourth-order valence-electron chi connectivity index (χ4n) is 1.13. The SMILES string of the molecule is CC(Br)c1nc2ccc(N)cc2o1. The van der Waals surface area contributed by atoms with Crippen molar-refractivity contribution in [1.29, 1.82) is 0 Å². The fraction of sp³-hybridized carbons (Fsp3) is 0.222. The molecule has 0 aliphatic carbocycles. The lowest BCUT2D eigenvalue weighted by Crippen LogP contribution is -1.82. The minimum absolute atomic E-state index is 0.126. The minimum atomic E-state index is 0.126. The van der Waals surface area contributed by atoms with Crippen LogP contribution in [0.25, 0.3) is 11.1 Å². The maximum atomic E-state index is 5.61. The molecule has 0 bridgehead atoms. The molecule has 2 N–H and O–H groups in total. The van der Waals surface area contributed by atoms with Crippen LogP contribution in [0.3, 0.4) is 0 Å². The molecular formula is C9H9BrN2O. The summed E-state index contributed by atoms with van der Waals surface area (Å²) in [6.07, 6.45) is 0. The lowest BCUT2D eigenvalue weighted by Gasteiger charge is -1.91. The number of benzene rings is 1. The van der Waals surface area contributed by atoms with Gasteiger partial charge < -0.3 is 10.2 Å². The van der Waals surface area contributed by atoms with Crippen molar-refractivity contribution in [3.05, 3.63) is 24.1 Å². The van der Waals surface area contributed by atoms with Gasteiger partial charge in [0.25, 0.3) is 0 Å². The van der Waals surface area contributed by atoms with Crippen LogP contribution in [0.15, 0.2) is 22.6 Å². The average molecular weight is 241 g/mol. The van der Waals surface area contributed by atoms with Crippen molar-refractivity contribution in [1.82, 2.24) is 4.98 Å². The highest BCUT2D eigenvalue weighted by atomic mass is 79.9. The third-order valence-electron chi connectivity index (χ3n) is 1.77. The molecule has 68 valence electrons. The highest BCUT2D eigenvalue weighted by Crippen LogP contribution is 2.26. The van der Waals surface area contributed by atoms with E-state index in [4.69, 9.17) is 10.2 Å². The number of aromatic nitrogens is 1. The van der Waals surface area contributed by atoms with Gasteiger partial charge in [0.05, 0.1) is 4.83 Å². The second-order valence-electron chi connectivity index (χ2n) is 2.90. The van der Waals surface area contributed by atoms with Crippen LogP contribution in [0.5, 0.6) is 0 Å². The number of oxazole rings is 1. The van der Waals surface area contributed by atoms with Gasteiger partial charge in [0, 0.05) is 11.8 Å². The Kier molecular flexibility index (Phi) is 2.00. The van der Waals surface area contributed by atoms with Crippen LogP contribution in [0.4, 0.5) is 5.69 Å². The number of fused-ring (bicyclic) bond motifs is 1. The summed E-state index contributed by atoms with van der Waals surface area (Å²) < 4.78 is 5.47. The largest absolute Gasteiger partial charge is 0.439 e. The molecule has 0 saturated heterocycles. The third-order valence-corrected chi connectivity index (χ3v) is 2.16. The van der Waals surface area contributed by atoms with E-state index in [-0.39, 0.29) is 4.83 Å². The molecule has 2 aromatic rings. The van der Waals surface area contributed by atoms with E-state index in [1.54, 1.807) is 6.07 Å².